The number of para-hydroxylation sites is 2. The Morgan fingerprint density at radius 3 is 2.38 bits per heavy atom. The fourth-order valence-electron chi connectivity index (χ4n) is 2.31. The minimum absolute atomic E-state index is 0.0491. The van der Waals surface area contributed by atoms with Crippen LogP contribution in [0.2, 0.25) is 0 Å². The molecule has 2 aromatic rings. The third kappa shape index (κ3) is 6.16. The van der Waals surface area contributed by atoms with Gasteiger partial charge in [0.1, 0.15) is 5.75 Å². The third-order valence-electron chi connectivity index (χ3n) is 3.58. The first-order chi connectivity index (χ1) is 12.5. The lowest BCUT2D eigenvalue weighted by Gasteiger charge is -2.13. The molecule has 2 rings (SSSR count). The van der Waals surface area contributed by atoms with E-state index in [1.807, 2.05) is 37.3 Å². The van der Waals surface area contributed by atoms with Crippen LogP contribution in [0.3, 0.4) is 0 Å². The molecule has 0 aliphatic carbocycles. The van der Waals surface area contributed by atoms with E-state index in [4.69, 9.17) is 4.74 Å². The number of halogens is 2. The van der Waals surface area contributed by atoms with Crippen LogP contribution in [0.15, 0.2) is 54.6 Å². The molecular weight excluding hydrogens is 344 g/mol. The van der Waals surface area contributed by atoms with E-state index < -0.39 is 25.1 Å². The molecule has 0 unspecified atom stereocenters. The maximum absolute atomic E-state index is 12.3. The fourth-order valence-corrected chi connectivity index (χ4v) is 2.31. The van der Waals surface area contributed by atoms with Crippen LogP contribution in [-0.2, 0) is 14.3 Å². The minimum atomic E-state index is -3.01. The summed E-state index contributed by atoms with van der Waals surface area (Å²) < 4.78 is 34.0. The van der Waals surface area contributed by atoms with Gasteiger partial charge in [-0.25, -0.2) is 0 Å². The lowest BCUT2D eigenvalue weighted by Crippen LogP contribution is -2.22. The number of benzene rings is 2. The van der Waals surface area contributed by atoms with Crippen LogP contribution >= 0.6 is 0 Å². The number of esters is 1. The van der Waals surface area contributed by atoms with Crippen LogP contribution in [0.4, 0.5) is 14.5 Å². The minimum Gasteiger partial charge on any atom is -0.456 e. The predicted molar refractivity (Wildman–Crippen MR) is 92.1 cm³/mol. The second kappa shape index (κ2) is 9.50. The largest absolute Gasteiger partial charge is 0.456 e. The summed E-state index contributed by atoms with van der Waals surface area (Å²) in [6, 6.07) is 15.2. The van der Waals surface area contributed by atoms with E-state index in [-0.39, 0.29) is 23.8 Å². The van der Waals surface area contributed by atoms with Gasteiger partial charge in [0.2, 0.25) is 0 Å². The number of hydrogen-bond acceptors (Lipinski definition) is 4. The normalized spacial score (nSPS) is 11.7. The first-order valence-electron chi connectivity index (χ1n) is 8.00. The zero-order valence-corrected chi connectivity index (χ0v) is 14.2. The van der Waals surface area contributed by atoms with Gasteiger partial charge in [0.25, 0.3) is 5.91 Å². The van der Waals surface area contributed by atoms with E-state index in [1.54, 1.807) is 6.07 Å². The van der Waals surface area contributed by atoms with Crippen molar-refractivity contribution in [3.8, 4) is 5.75 Å². The highest BCUT2D eigenvalue weighted by Crippen LogP contribution is 2.25. The van der Waals surface area contributed by atoms with E-state index in [2.05, 4.69) is 10.1 Å². The van der Waals surface area contributed by atoms with Gasteiger partial charge in [-0.1, -0.05) is 49.4 Å². The molecular formula is C19H19F2NO4. The topological polar surface area (TPSA) is 64.6 Å². The predicted octanol–water partition coefficient (Wildman–Crippen LogP) is 3.96. The van der Waals surface area contributed by atoms with E-state index in [9.17, 15) is 18.4 Å². The van der Waals surface area contributed by atoms with Crippen molar-refractivity contribution in [2.45, 2.75) is 25.9 Å². The number of alkyl halides is 2. The lowest BCUT2D eigenvalue weighted by molar-refractivity contribution is -0.147. The molecule has 5 nitrogen and oxygen atoms in total. The van der Waals surface area contributed by atoms with Crippen LogP contribution in [0.25, 0.3) is 0 Å². The number of rotatable bonds is 8. The summed E-state index contributed by atoms with van der Waals surface area (Å²) in [4.78, 5) is 23.7. The average molecular weight is 363 g/mol. The summed E-state index contributed by atoms with van der Waals surface area (Å²) in [7, 11) is 0. The number of carbonyl (C=O) groups excluding carboxylic acids is 2. The Kier molecular flexibility index (Phi) is 7.08. The Morgan fingerprint density at radius 1 is 1.04 bits per heavy atom. The van der Waals surface area contributed by atoms with Crippen molar-refractivity contribution < 1.29 is 27.8 Å². The average Bonchev–Trinajstić information content (AvgIpc) is 2.62. The van der Waals surface area contributed by atoms with Crippen molar-refractivity contribution >= 4 is 17.6 Å². The van der Waals surface area contributed by atoms with Crippen LogP contribution in [0, 0.1) is 0 Å². The van der Waals surface area contributed by atoms with Gasteiger partial charge in [-0.2, -0.15) is 8.78 Å². The Hall–Kier alpha value is -2.96. The van der Waals surface area contributed by atoms with Crippen molar-refractivity contribution in [1.82, 2.24) is 0 Å². The Morgan fingerprint density at radius 2 is 1.69 bits per heavy atom. The Bertz CT molecular complexity index is 737. The molecule has 0 radical (unpaired) electrons. The number of hydrogen-bond donors (Lipinski definition) is 1. The Balaban J connectivity index is 1.82. The lowest BCUT2D eigenvalue weighted by atomic mass is 9.98. The fraction of sp³-hybridized carbons (Fsp3) is 0.263. The van der Waals surface area contributed by atoms with Crippen LogP contribution in [-0.4, -0.2) is 25.1 Å². The molecule has 0 saturated carbocycles. The smallest absolute Gasteiger partial charge is 0.387 e. The number of anilines is 1. The molecule has 1 N–H and O–H groups in total. The molecule has 26 heavy (non-hydrogen) atoms. The summed E-state index contributed by atoms with van der Waals surface area (Å²) in [6.45, 7) is -1.64. The summed E-state index contributed by atoms with van der Waals surface area (Å²) in [5, 5.41) is 2.38. The highest BCUT2D eigenvalue weighted by molar-refractivity contribution is 5.94. The van der Waals surface area contributed by atoms with Crippen molar-refractivity contribution in [3.63, 3.8) is 0 Å². The van der Waals surface area contributed by atoms with Gasteiger partial charge < -0.3 is 14.8 Å². The molecule has 0 heterocycles. The van der Waals surface area contributed by atoms with Gasteiger partial charge >= 0.3 is 12.6 Å². The maximum atomic E-state index is 12.3. The molecule has 0 aliphatic heterocycles. The SMILES string of the molecule is C[C@@H](CC(=O)OCC(=O)Nc1ccccc1OC(F)F)c1ccccc1. The first kappa shape index (κ1) is 19.4. The van der Waals surface area contributed by atoms with E-state index in [0.717, 1.165) is 5.56 Å². The zero-order chi connectivity index (χ0) is 18.9. The number of ether oxygens (including phenoxy) is 2. The second-order valence-electron chi connectivity index (χ2n) is 5.60. The van der Waals surface area contributed by atoms with Crippen molar-refractivity contribution in [2.24, 2.45) is 0 Å². The number of carbonyl (C=O) groups is 2. The first-order valence-corrected chi connectivity index (χ1v) is 8.00. The number of nitrogens with one attached hydrogen (secondary N) is 1. The molecule has 0 fully saturated rings. The molecule has 0 aromatic heterocycles. The number of amides is 1. The highest BCUT2D eigenvalue weighted by Gasteiger charge is 2.15. The van der Waals surface area contributed by atoms with Gasteiger partial charge in [0, 0.05) is 0 Å². The van der Waals surface area contributed by atoms with Crippen LogP contribution < -0.4 is 10.1 Å². The zero-order valence-electron chi connectivity index (χ0n) is 14.2. The monoisotopic (exact) mass is 363 g/mol. The quantitative estimate of drug-likeness (QED) is 0.721. The van der Waals surface area contributed by atoms with Gasteiger partial charge in [-0.3, -0.25) is 9.59 Å². The molecule has 1 amide bonds. The molecule has 1 atom stereocenters. The van der Waals surface area contributed by atoms with Crippen LogP contribution in [0.5, 0.6) is 5.75 Å². The van der Waals surface area contributed by atoms with Crippen LogP contribution in [0.1, 0.15) is 24.8 Å². The molecule has 138 valence electrons. The second-order valence-corrected chi connectivity index (χ2v) is 5.60. The van der Waals surface area contributed by atoms with Crippen molar-refractivity contribution in [1.29, 1.82) is 0 Å². The molecule has 2 aromatic carbocycles. The van der Waals surface area contributed by atoms with Crippen molar-refractivity contribution in [2.75, 3.05) is 11.9 Å². The molecule has 0 spiro atoms. The Labute approximate surface area is 149 Å². The van der Waals surface area contributed by atoms with Gasteiger partial charge in [-0.15, -0.1) is 0 Å². The van der Waals surface area contributed by atoms with Gasteiger partial charge in [-0.05, 0) is 23.6 Å². The molecule has 0 bridgehead atoms. The summed E-state index contributed by atoms with van der Waals surface area (Å²) in [5.74, 6) is -1.38. The van der Waals surface area contributed by atoms with E-state index in [0.29, 0.717) is 0 Å². The standard InChI is InChI=1S/C19H19F2NO4/c1-13(14-7-3-2-4-8-14)11-18(24)25-12-17(23)22-15-9-5-6-10-16(15)26-19(20)21/h2-10,13,19H,11-12H2,1H3,(H,22,23)/t13-/m0/s1. The van der Waals surface area contributed by atoms with Crippen molar-refractivity contribution in [3.05, 3.63) is 60.2 Å². The molecule has 0 saturated heterocycles. The van der Waals surface area contributed by atoms with E-state index in [1.165, 1.54) is 18.2 Å². The third-order valence-corrected chi connectivity index (χ3v) is 3.58. The molecule has 7 heteroatoms. The van der Waals surface area contributed by atoms with Gasteiger partial charge in [0.05, 0.1) is 12.1 Å². The summed E-state index contributed by atoms with van der Waals surface area (Å²) in [6.07, 6.45) is 0.127. The maximum Gasteiger partial charge on any atom is 0.387 e. The molecule has 0 aliphatic rings. The van der Waals surface area contributed by atoms with Gasteiger partial charge in [0.15, 0.2) is 6.61 Å². The summed E-state index contributed by atoms with van der Waals surface area (Å²) in [5.41, 5.74) is 1.07. The summed E-state index contributed by atoms with van der Waals surface area (Å²) >= 11 is 0. The highest BCUT2D eigenvalue weighted by atomic mass is 19.3. The van der Waals surface area contributed by atoms with E-state index >= 15 is 0 Å².